The van der Waals surface area contributed by atoms with Gasteiger partial charge >= 0.3 is 5.97 Å². The van der Waals surface area contributed by atoms with Crippen molar-refractivity contribution in [1.82, 2.24) is 15.0 Å². The molecule has 7 nitrogen and oxygen atoms in total. The van der Waals surface area contributed by atoms with Crippen molar-refractivity contribution in [2.24, 2.45) is 0 Å². The van der Waals surface area contributed by atoms with E-state index >= 15 is 0 Å². The number of para-hydroxylation sites is 1. The highest BCUT2D eigenvalue weighted by atomic mass is 16.4. The molecule has 0 fully saturated rings. The van der Waals surface area contributed by atoms with E-state index in [9.17, 15) is 14.7 Å². The number of benzene rings is 2. The van der Waals surface area contributed by atoms with Crippen LogP contribution in [-0.4, -0.2) is 31.9 Å². The van der Waals surface area contributed by atoms with Crippen LogP contribution in [0.4, 0.5) is 5.95 Å². The number of aromatic nitrogens is 3. The van der Waals surface area contributed by atoms with Crippen LogP contribution in [-0.2, 0) is 0 Å². The van der Waals surface area contributed by atoms with Crippen LogP contribution in [0.15, 0.2) is 66.9 Å². The molecule has 140 valence electrons. The zero-order chi connectivity index (χ0) is 20.2. The molecule has 0 atom stereocenters. The molecule has 2 aromatic carbocycles. The molecule has 7 heteroatoms. The van der Waals surface area contributed by atoms with Gasteiger partial charge in [0.1, 0.15) is 11.2 Å². The number of nitrogens with one attached hydrogen (secondary N) is 2. The van der Waals surface area contributed by atoms with Crippen LogP contribution >= 0.6 is 0 Å². The van der Waals surface area contributed by atoms with Gasteiger partial charge in [-0.05, 0) is 36.4 Å². The quantitative estimate of drug-likeness (QED) is 0.471. The van der Waals surface area contributed by atoms with E-state index < -0.39 is 11.9 Å². The average Bonchev–Trinajstić information content (AvgIpc) is 3.15. The summed E-state index contributed by atoms with van der Waals surface area (Å²) in [5.41, 5.74) is 2.51. The maximum Gasteiger partial charge on any atom is 0.337 e. The lowest BCUT2D eigenvalue weighted by Crippen LogP contribution is -2.14. The highest BCUT2D eigenvalue weighted by molar-refractivity contribution is 6.05. The number of nitrogens with zero attached hydrogens (tertiary/aromatic N) is 2. The van der Waals surface area contributed by atoms with Gasteiger partial charge in [-0.2, -0.15) is 0 Å². The molecule has 0 aliphatic carbocycles. The predicted octanol–water partition coefficient (Wildman–Crippen LogP) is 3.31. The second-order valence-electron chi connectivity index (χ2n) is 6.09. The lowest BCUT2D eigenvalue weighted by molar-refractivity contribution is 0.0698. The number of aromatic carboxylic acids is 1. The fourth-order valence-corrected chi connectivity index (χ4v) is 2.73. The van der Waals surface area contributed by atoms with E-state index in [0.717, 1.165) is 5.56 Å². The van der Waals surface area contributed by atoms with Crippen molar-refractivity contribution < 1.29 is 14.7 Å². The van der Waals surface area contributed by atoms with E-state index in [1.165, 1.54) is 12.3 Å². The van der Waals surface area contributed by atoms with Crippen molar-refractivity contribution in [3.05, 3.63) is 89.2 Å². The fraction of sp³-hybridized carbons (Fsp3) is 0. The summed E-state index contributed by atoms with van der Waals surface area (Å²) in [5, 5.41) is 11.9. The molecule has 0 bridgehead atoms. The molecule has 3 N–H and O–H groups in total. The number of imidazole rings is 1. The average molecular weight is 382 g/mol. The van der Waals surface area contributed by atoms with Gasteiger partial charge < -0.3 is 10.1 Å². The number of anilines is 1. The first-order chi connectivity index (χ1) is 14.1. The van der Waals surface area contributed by atoms with Gasteiger partial charge in [0.05, 0.1) is 11.1 Å². The van der Waals surface area contributed by atoms with Gasteiger partial charge in [0.15, 0.2) is 0 Å². The maximum atomic E-state index is 12.5. The molecule has 0 saturated heterocycles. The Kier molecular flexibility index (Phi) is 4.74. The van der Waals surface area contributed by atoms with Crippen LogP contribution in [0, 0.1) is 11.8 Å². The summed E-state index contributed by atoms with van der Waals surface area (Å²) < 4.78 is 0. The molecule has 4 aromatic rings. The fourth-order valence-electron chi connectivity index (χ4n) is 2.73. The van der Waals surface area contributed by atoms with Crippen molar-refractivity contribution in [3.8, 4) is 11.8 Å². The van der Waals surface area contributed by atoms with Gasteiger partial charge in [0.2, 0.25) is 5.95 Å². The van der Waals surface area contributed by atoms with Crippen molar-refractivity contribution in [1.29, 1.82) is 0 Å². The number of carboxylic acid groups (broad SMARTS) is 1. The summed E-state index contributed by atoms with van der Waals surface area (Å²) in [6.45, 7) is 0. The molecule has 4 rings (SSSR count). The Morgan fingerprint density at radius 3 is 2.55 bits per heavy atom. The summed E-state index contributed by atoms with van der Waals surface area (Å²) in [6, 6.07) is 17.5. The van der Waals surface area contributed by atoms with E-state index in [2.05, 4.69) is 32.1 Å². The first-order valence-electron chi connectivity index (χ1n) is 8.66. The van der Waals surface area contributed by atoms with Crippen LogP contribution in [0.1, 0.15) is 32.0 Å². The second kappa shape index (κ2) is 7.66. The molecule has 0 radical (unpaired) electrons. The molecule has 2 heterocycles. The maximum absolute atomic E-state index is 12.5. The topological polar surface area (TPSA) is 108 Å². The number of pyridine rings is 1. The number of hydrogen-bond donors (Lipinski definition) is 3. The van der Waals surface area contributed by atoms with Crippen LogP contribution in [0.25, 0.3) is 11.0 Å². The summed E-state index contributed by atoms with van der Waals surface area (Å²) in [7, 11) is 0. The van der Waals surface area contributed by atoms with E-state index in [1.807, 2.05) is 30.3 Å². The van der Waals surface area contributed by atoms with Crippen LogP contribution in [0.5, 0.6) is 0 Å². The van der Waals surface area contributed by atoms with Crippen molar-refractivity contribution in [3.63, 3.8) is 0 Å². The first kappa shape index (κ1) is 17.9. The number of carboxylic acids is 1. The number of amides is 1. The highest BCUT2D eigenvalue weighted by Gasteiger charge is 2.15. The molecule has 0 saturated carbocycles. The van der Waals surface area contributed by atoms with E-state index in [-0.39, 0.29) is 22.7 Å². The Morgan fingerprint density at radius 2 is 1.76 bits per heavy atom. The van der Waals surface area contributed by atoms with Gasteiger partial charge in [0, 0.05) is 17.3 Å². The second-order valence-corrected chi connectivity index (χ2v) is 6.09. The molecular weight excluding hydrogens is 368 g/mol. The van der Waals surface area contributed by atoms with Crippen molar-refractivity contribution in [2.75, 3.05) is 5.32 Å². The van der Waals surface area contributed by atoms with Gasteiger partial charge in [-0.15, -0.1) is 0 Å². The van der Waals surface area contributed by atoms with Crippen LogP contribution < -0.4 is 5.32 Å². The Bertz CT molecular complexity index is 1280. The zero-order valence-electron chi connectivity index (χ0n) is 15.0. The zero-order valence-corrected chi connectivity index (χ0v) is 15.0. The molecule has 0 spiro atoms. The molecule has 0 unspecified atom stereocenters. The summed E-state index contributed by atoms with van der Waals surface area (Å²) in [5.74, 6) is 4.60. The van der Waals surface area contributed by atoms with E-state index in [0.29, 0.717) is 11.1 Å². The summed E-state index contributed by atoms with van der Waals surface area (Å²) in [4.78, 5) is 35.0. The molecule has 0 aliphatic heterocycles. The van der Waals surface area contributed by atoms with Crippen molar-refractivity contribution in [2.45, 2.75) is 0 Å². The normalized spacial score (nSPS) is 10.2. The molecule has 0 aliphatic rings. The number of carbonyl (C=O) groups is 2. The lowest BCUT2D eigenvalue weighted by atomic mass is 10.2. The third kappa shape index (κ3) is 3.96. The highest BCUT2D eigenvalue weighted by Crippen LogP contribution is 2.19. The number of carbonyl (C=O) groups excluding carboxylic acids is 1. The predicted molar refractivity (Wildman–Crippen MR) is 108 cm³/mol. The number of aromatic amines is 1. The smallest absolute Gasteiger partial charge is 0.337 e. The SMILES string of the molecule is O=C(Nc1nc2c(C(=O)O)cccc2[nH]1)c1cc(C#Cc2ccccc2)ccn1. The minimum Gasteiger partial charge on any atom is -0.478 e. The lowest BCUT2D eigenvalue weighted by Gasteiger charge is -2.01. The number of H-pyrrole nitrogens is 1. The van der Waals surface area contributed by atoms with Gasteiger partial charge in [-0.25, -0.2) is 9.78 Å². The standard InChI is InChI=1S/C22H14N4O3/c27-20(26-22-24-17-8-4-7-16(21(28)29)19(17)25-22)18-13-15(11-12-23-18)10-9-14-5-2-1-3-6-14/h1-8,11-13H,(H,28,29)(H2,24,25,26,27). The molecule has 29 heavy (non-hydrogen) atoms. The number of rotatable bonds is 3. The Labute approximate surface area is 165 Å². The molecular formula is C22H14N4O3. The third-order valence-corrected chi connectivity index (χ3v) is 4.09. The monoisotopic (exact) mass is 382 g/mol. The molecule has 2 aromatic heterocycles. The van der Waals surface area contributed by atoms with Crippen LogP contribution in [0.3, 0.4) is 0 Å². The summed E-state index contributed by atoms with van der Waals surface area (Å²) >= 11 is 0. The van der Waals surface area contributed by atoms with Gasteiger partial charge in [0.25, 0.3) is 5.91 Å². The third-order valence-electron chi connectivity index (χ3n) is 4.09. The summed E-state index contributed by atoms with van der Waals surface area (Å²) in [6.07, 6.45) is 1.51. The Morgan fingerprint density at radius 1 is 0.966 bits per heavy atom. The molecule has 1 amide bonds. The largest absolute Gasteiger partial charge is 0.478 e. The number of fused-ring (bicyclic) bond motifs is 1. The Balaban J connectivity index is 1.56. The minimum absolute atomic E-state index is 0.0514. The van der Waals surface area contributed by atoms with Crippen LogP contribution in [0.2, 0.25) is 0 Å². The van der Waals surface area contributed by atoms with Gasteiger partial charge in [-0.3, -0.25) is 15.1 Å². The van der Waals surface area contributed by atoms with E-state index in [1.54, 1.807) is 24.3 Å². The number of hydrogen-bond acceptors (Lipinski definition) is 4. The minimum atomic E-state index is -1.09. The van der Waals surface area contributed by atoms with E-state index in [4.69, 9.17) is 0 Å². The van der Waals surface area contributed by atoms with Gasteiger partial charge in [-0.1, -0.05) is 36.1 Å². The first-order valence-corrected chi connectivity index (χ1v) is 8.66. The Hall–Kier alpha value is -4.44. The van der Waals surface area contributed by atoms with Crippen molar-refractivity contribution >= 4 is 28.9 Å².